The van der Waals surface area contributed by atoms with Crippen LogP contribution in [0.25, 0.3) is 0 Å². The van der Waals surface area contributed by atoms with Gasteiger partial charge in [0.25, 0.3) is 0 Å². The zero-order chi connectivity index (χ0) is 7.98. The zero-order valence-electron chi connectivity index (χ0n) is 6.68. The lowest BCUT2D eigenvalue weighted by Gasteiger charge is -2.03. The van der Waals surface area contributed by atoms with Crippen LogP contribution in [0, 0.1) is 11.3 Å². The van der Waals surface area contributed by atoms with Crippen LogP contribution in [-0.2, 0) is 4.79 Å². The summed E-state index contributed by atoms with van der Waals surface area (Å²) in [6, 6.07) is 0. The monoisotopic (exact) mass is 141 g/mol. The van der Waals surface area contributed by atoms with Gasteiger partial charge in [0.05, 0.1) is 6.21 Å². The Morgan fingerprint density at radius 1 is 1.70 bits per heavy atom. The number of Topliss-reactive ketones (excluding diaryl/α,β-unsaturated/α-hetero) is 1. The first-order valence-electron chi connectivity index (χ1n) is 3.76. The predicted octanol–water partition coefficient (Wildman–Crippen LogP) is 2.03. The van der Waals surface area contributed by atoms with E-state index in [-0.39, 0.29) is 11.7 Å². The van der Waals surface area contributed by atoms with Crippen LogP contribution in [0.4, 0.5) is 0 Å². The lowest BCUT2D eigenvalue weighted by molar-refractivity contribution is -0.115. The Bertz CT molecular complexity index is 120. The quantitative estimate of drug-likeness (QED) is 0.585. The van der Waals surface area contributed by atoms with Gasteiger partial charge in [0.2, 0.25) is 0 Å². The molecular weight excluding hydrogens is 126 g/mol. The van der Waals surface area contributed by atoms with E-state index in [9.17, 15) is 4.79 Å². The fourth-order valence-electron chi connectivity index (χ4n) is 0.795. The van der Waals surface area contributed by atoms with Gasteiger partial charge in [-0.2, -0.15) is 0 Å². The minimum Gasteiger partial charge on any atom is -0.305 e. The molecule has 0 aromatic heterocycles. The predicted molar refractivity (Wildman–Crippen MR) is 42.5 cm³/mol. The van der Waals surface area contributed by atoms with Gasteiger partial charge in [-0.25, -0.2) is 0 Å². The summed E-state index contributed by atoms with van der Waals surface area (Å²) in [6.45, 7) is 3.98. The summed E-state index contributed by atoms with van der Waals surface area (Å²) in [5, 5.41) is 6.70. The van der Waals surface area contributed by atoms with Crippen molar-refractivity contribution >= 4 is 12.0 Å². The highest BCUT2D eigenvalue weighted by molar-refractivity contribution is 6.27. The van der Waals surface area contributed by atoms with Gasteiger partial charge in [-0.05, 0) is 6.42 Å². The first-order valence-corrected chi connectivity index (χ1v) is 3.76. The van der Waals surface area contributed by atoms with E-state index >= 15 is 0 Å². The highest BCUT2D eigenvalue weighted by Gasteiger charge is 2.07. The maximum absolute atomic E-state index is 10.8. The SMILES string of the molecule is CCCCC(C)C(=O)C=N. The van der Waals surface area contributed by atoms with Crippen molar-refractivity contribution in [1.82, 2.24) is 0 Å². The molecule has 58 valence electrons. The average Bonchev–Trinajstić information content (AvgIpc) is 1.98. The lowest BCUT2D eigenvalue weighted by atomic mass is 10.0. The van der Waals surface area contributed by atoms with E-state index in [2.05, 4.69) is 6.92 Å². The van der Waals surface area contributed by atoms with Crippen LogP contribution in [0.2, 0.25) is 0 Å². The number of ketones is 1. The van der Waals surface area contributed by atoms with Crippen LogP contribution in [0.15, 0.2) is 0 Å². The van der Waals surface area contributed by atoms with Gasteiger partial charge in [-0.1, -0.05) is 26.7 Å². The maximum atomic E-state index is 10.8. The number of unbranched alkanes of at least 4 members (excludes halogenated alkanes) is 1. The Labute approximate surface area is 62.1 Å². The summed E-state index contributed by atoms with van der Waals surface area (Å²) in [6.07, 6.45) is 4.04. The first kappa shape index (κ1) is 9.34. The fraction of sp³-hybridized carbons (Fsp3) is 0.750. The molecule has 10 heavy (non-hydrogen) atoms. The molecule has 1 unspecified atom stereocenters. The molecule has 1 N–H and O–H groups in total. The number of carbonyl (C=O) groups excluding carboxylic acids is 1. The molecule has 0 spiro atoms. The van der Waals surface area contributed by atoms with Gasteiger partial charge in [0, 0.05) is 5.92 Å². The zero-order valence-corrected chi connectivity index (χ0v) is 6.68. The molecule has 0 radical (unpaired) electrons. The number of carbonyl (C=O) groups is 1. The molecule has 2 heteroatoms. The van der Waals surface area contributed by atoms with Crippen molar-refractivity contribution in [3.05, 3.63) is 0 Å². The first-order chi connectivity index (χ1) is 4.72. The summed E-state index contributed by atoms with van der Waals surface area (Å²) in [5.41, 5.74) is 0. The molecule has 0 aromatic rings. The summed E-state index contributed by atoms with van der Waals surface area (Å²) in [4.78, 5) is 10.8. The van der Waals surface area contributed by atoms with Crippen molar-refractivity contribution in [3.8, 4) is 0 Å². The van der Waals surface area contributed by atoms with E-state index in [1.807, 2.05) is 6.92 Å². The number of rotatable bonds is 5. The van der Waals surface area contributed by atoms with Crippen LogP contribution in [-0.4, -0.2) is 12.0 Å². The van der Waals surface area contributed by atoms with Gasteiger partial charge in [0.15, 0.2) is 5.78 Å². The van der Waals surface area contributed by atoms with Gasteiger partial charge < -0.3 is 5.41 Å². The second-order valence-electron chi connectivity index (χ2n) is 2.59. The van der Waals surface area contributed by atoms with Gasteiger partial charge in [0.1, 0.15) is 0 Å². The summed E-state index contributed by atoms with van der Waals surface area (Å²) in [5.74, 6) is 0.00546. The van der Waals surface area contributed by atoms with Gasteiger partial charge in [-0.3, -0.25) is 4.79 Å². The van der Waals surface area contributed by atoms with Crippen molar-refractivity contribution < 1.29 is 4.79 Å². The van der Waals surface area contributed by atoms with Crippen LogP contribution in [0.5, 0.6) is 0 Å². The largest absolute Gasteiger partial charge is 0.305 e. The molecule has 0 heterocycles. The number of nitrogens with one attached hydrogen (secondary N) is 1. The van der Waals surface area contributed by atoms with Gasteiger partial charge in [-0.15, -0.1) is 0 Å². The second kappa shape index (κ2) is 5.15. The molecule has 0 aliphatic rings. The number of hydrogen-bond donors (Lipinski definition) is 1. The Morgan fingerprint density at radius 2 is 2.30 bits per heavy atom. The van der Waals surface area contributed by atoms with Crippen molar-refractivity contribution in [1.29, 1.82) is 5.41 Å². The second-order valence-corrected chi connectivity index (χ2v) is 2.59. The van der Waals surface area contributed by atoms with Crippen molar-refractivity contribution in [2.24, 2.45) is 5.92 Å². The molecule has 0 bridgehead atoms. The molecular formula is C8H15NO. The Hall–Kier alpha value is -0.660. The standard InChI is InChI=1S/C8H15NO/c1-3-4-5-7(2)8(10)6-9/h6-7,9H,3-5H2,1-2H3. The summed E-state index contributed by atoms with van der Waals surface area (Å²) < 4.78 is 0. The lowest BCUT2D eigenvalue weighted by Crippen LogP contribution is -2.10. The van der Waals surface area contributed by atoms with E-state index < -0.39 is 0 Å². The van der Waals surface area contributed by atoms with E-state index in [0.29, 0.717) is 0 Å². The van der Waals surface area contributed by atoms with Gasteiger partial charge >= 0.3 is 0 Å². The Balaban J connectivity index is 3.51. The minimum absolute atomic E-state index is 0.0477. The van der Waals surface area contributed by atoms with Crippen molar-refractivity contribution in [2.75, 3.05) is 0 Å². The molecule has 0 aliphatic carbocycles. The van der Waals surface area contributed by atoms with Crippen LogP contribution in [0.1, 0.15) is 33.1 Å². The molecule has 0 saturated heterocycles. The van der Waals surface area contributed by atoms with Crippen LogP contribution < -0.4 is 0 Å². The molecule has 0 saturated carbocycles. The Morgan fingerprint density at radius 3 is 2.70 bits per heavy atom. The van der Waals surface area contributed by atoms with E-state index in [4.69, 9.17) is 5.41 Å². The van der Waals surface area contributed by atoms with Crippen molar-refractivity contribution in [2.45, 2.75) is 33.1 Å². The smallest absolute Gasteiger partial charge is 0.175 e. The van der Waals surface area contributed by atoms with E-state index in [1.54, 1.807) is 0 Å². The molecule has 0 amide bonds. The van der Waals surface area contributed by atoms with Crippen LogP contribution in [0.3, 0.4) is 0 Å². The third kappa shape index (κ3) is 3.38. The molecule has 0 fully saturated rings. The summed E-state index contributed by atoms with van der Waals surface area (Å²) in [7, 11) is 0. The van der Waals surface area contributed by atoms with Crippen LogP contribution >= 0.6 is 0 Å². The molecule has 0 aliphatic heterocycles. The third-order valence-electron chi connectivity index (χ3n) is 1.62. The molecule has 0 rings (SSSR count). The molecule has 0 aromatic carbocycles. The van der Waals surface area contributed by atoms with E-state index in [1.165, 1.54) is 0 Å². The van der Waals surface area contributed by atoms with Crippen molar-refractivity contribution in [3.63, 3.8) is 0 Å². The molecule has 2 nitrogen and oxygen atoms in total. The maximum Gasteiger partial charge on any atom is 0.175 e. The third-order valence-corrected chi connectivity index (χ3v) is 1.62. The topological polar surface area (TPSA) is 40.9 Å². The Kier molecular flexibility index (Phi) is 4.81. The normalized spacial score (nSPS) is 12.6. The fourth-order valence-corrected chi connectivity index (χ4v) is 0.795. The minimum atomic E-state index is -0.0477. The number of hydrogen-bond acceptors (Lipinski definition) is 2. The average molecular weight is 141 g/mol. The highest BCUT2D eigenvalue weighted by Crippen LogP contribution is 2.06. The highest BCUT2D eigenvalue weighted by atomic mass is 16.1. The van der Waals surface area contributed by atoms with E-state index in [0.717, 1.165) is 25.5 Å². The summed E-state index contributed by atoms with van der Waals surface area (Å²) >= 11 is 0. The molecule has 1 atom stereocenters.